The van der Waals surface area contributed by atoms with Crippen LogP contribution in [0.1, 0.15) is 41.4 Å². The number of piperidine rings is 1. The molecule has 2 aromatic carbocycles. The second kappa shape index (κ2) is 8.44. The zero-order valence-electron chi connectivity index (χ0n) is 16.1. The van der Waals surface area contributed by atoms with Crippen molar-refractivity contribution in [3.63, 3.8) is 0 Å². The fraction of sp³-hybridized carbons (Fsp3) is 0.364. The predicted molar refractivity (Wildman–Crippen MR) is 110 cm³/mol. The number of H-pyrrole nitrogens is 1. The zero-order valence-corrected chi connectivity index (χ0v) is 16.1. The van der Waals surface area contributed by atoms with Gasteiger partial charge in [0.25, 0.3) is 5.91 Å². The highest BCUT2D eigenvalue weighted by molar-refractivity contribution is 6.04. The highest BCUT2D eigenvalue weighted by Gasteiger charge is 2.24. The Hall–Kier alpha value is -2.86. The molecule has 0 bridgehead atoms. The average Bonchev–Trinajstić information content (AvgIpc) is 3.19. The molecule has 2 N–H and O–H groups in total. The molecule has 2 heterocycles. The van der Waals surface area contributed by atoms with Crippen LogP contribution in [0.2, 0.25) is 0 Å². The summed E-state index contributed by atoms with van der Waals surface area (Å²) in [6.07, 6.45) is 3.67. The third-order valence-electron chi connectivity index (χ3n) is 5.47. The Labute approximate surface area is 164 Å². The van der Waals surface area contributed by atoms with Crippen LogP contribution in [0.3, 0.4) is 0 Å². The topological polar surface area (TPSA) is 70.2 Å². The number of hydrogen-bond donors (Lipinski definition) is 2. The summed E-state index contributed by atoms with van der Waals surface area (Å²) in [5.41, 5.74) is 2.51. The lowest BCUT2D eigenvalue weighted by Gasteiger charge is -2.35. The van der Waals surface area contributed by atoms with Crippen molar-refractivity contribution >= 4 is 16.8 Å². The number of nitrogens with zero attached hydrogens (tertiary/aromatic N) is 2. The van der Waals surface area contributed by atoms with Gasteiger partial charge in [-0.2, -0.15) is 5.10 Å². The van der Waals surface area contributed by atoms with Crippen LogP contribution in [0.5, 0.6) is 5.75 Å². The third kappa shape index (κ3) is 3.87. The quantitative estimate of drug-likeness (QED) is 0.688. The lowest BCUT2D eigenvalue weighted by atomic mass is 10.0. The molecule has 1 saturated heterocycles. The number of carbonyl (C=O) groups is 1. The number of aromatic nitrogens is 2. The lowest BCUT2D eigenvalue weighted by molar-refractivity contribution is 0.0921. The first-order valence-corrected chi connectivity index (χ1v) is 9.85. The number of para-hydroxylation sites is 1. The number of fused-ring (bicyclic) bond motifs is 1. The van der Waals surface area contributed by atoms with E-state index in [-0.39, 0.29) is 11.9 Å². The fourth-order valence-electron chi connectivity index (χ4n) is 3.92. The molecule has 1 amide bonds. The first-order chi connectivity index (χ1) is 13.8. The van der Waals surface area contributed by atoms with Crippen molar-refractivity contribution in [3.8, 4) is 5.75 Å². The summed E-state index contributed by atoms with van der Waals surface area (Å²) in [6, 6.07) is 16.0. The predicted octanol–water partition coefficient (Wildman–Crippen LogP) is 3.53. The maximum absolute atomic E-state index is 12.8. The molecule has 4 rings (SSSR count). The molecule has 146 valence electrons. The fourth-order valence-corrected chi connectivity index (χ4v) is 3.92. The van der Waals surface area contributed by atoms with Crippen LogP contribution in [-0.2, 0) is 0 Å². The third-order valence-corrected chi connectivity index (χ3v) is 5.47. The van der Waals surface area contributed by atoms with Crippen molar-refractivity contribution in [1.82, 2.24) is 20.4 Å². The Kier molecular flexibility index (Phi) is 5.58. The number of aromatic amines is 1. The molecule has 1 aliphatic heterocycles. The van der Waals surface area contributed by atoms with Gasteiger partial charge in [-0.25, -0.2) is 0 Å². The van der Waals surface area contributed by atoms with E-state index in [0.717, 1.165) is 29.7 Å². The van der Waals surface area contributed by atoms with E-state index in [0.29, 0.717) is 12.2 Å². The molecule has 1 aromatic heterocycles. The van der Waals surface area contributed by atoms with Crippen LogP contribution >= 0.6 is 0 Å². The van der Waals surface area contributed by atoms with Gasteiger partial charge in [-0.15, -0.1) is 0 Å². The van der Waals surface area contributed by atoms with Crippen LogP contribution in [0.25, 0.3) is 10.9 Å². The Morgan fingerprint density at radius 3 is 2.64 bits per heavy atom. The van der Waals surface area contributed by atoms with Crippen molar-refractivity contribution in [2.24, 2.45) is 0 Å². The second-order valence-corrected chi connectivity index (χ2v) is 7.21. The van der Waals surface area contributed by atoms with Crippen LogP contribution in [-0.4, -0.2) is 47.7 Å². The number of benzene rings is 2. The Morgan fingerprint density at radius 1 is 1.14 bits per heavy atom. The molecule has 0 spiro atoms. The van der Waals surface area contributed by atoms with Crippen LogP contribution in [0, 0.1) is 0 Å². The average molecular weight is 378 g/mol. The lowest BCUT2D eigenvalue weighted by Crippen LogP contribution is -2.40. The van der Waals surface area contributed by atoms with E-state index in [1.165, 1.54) is 24.8 Å². The minimum Gasteiger partial charge on any atom is -0.497 e. The van der Waals surface area contributed by atoms with Gasteiger partial charge < -0.3 is 10.1 Å². The smallest absolute Gasteiger partial charge is 0.272 e. The Bertz CT molecular complexity index is 929. The second-order valence-electron chi connectivity index (χ2n) is 7.21. The number of methoxy groups -OCH3 is 1. The van der Waals surface area contributed by atoms with Crippen LogP contribution in [0.4, 0.5) is 0 Å². The number of nitrogens with one attached hydrogen (secondary N) is 2. The van der Waals surface area contributed by atoms with Crippen molar-refractivity contribution in [3.05, 3.63) is 59.8 Å². The Balaban J connectivity index is 1.52. The molecule has 0 aliphatic carbocycles. The molecule has 6 heteroatoms. The summed E-state index contributed by atoms with van der Waals surface area (Å²) in [5.74, 6) is 0.696. The first kappa shape index (κ1) is 18.5. The van der Waals surface area contributed by atoms with E-state index in [1.807, 2.05) is 36.4 Å². The molecule has 0 radical (unpaired) electrons. The zero-order chi connectivity index (χ0) is 19.3. The van der Waals surface area contributed by atoms with E-state index in [1.54, 1.807) is 7.11 Å². The van der Waals surface area contributed by atoms with Gasteiger partial charge in [-0.05, 0) is 49.7 Å². The van der Waals surface area contributed by atoms with Crippen LogP contribution in [0.15, 0.2) is 48.5 Å². The maximum atomic E-state index is 12.8. The highest BCUT2D eigenvalue weighted by Crippen LogP contribution is 2.26. The normalized spacial score (nSPS) is 16.0. The molecule has 28 heavy (non-hydrogen) atoms. The van der Waals surface area contributed by atoms with Crippen molar-refractivity contribution in [1.29, 1.82) is 0 Å². The molecule has 0 unspecified atom stereocenters. The van der Waals surface area contributed by atoms with Crippen LogP contribution < -0.4 is 10.1 Å². The van der Waals surface area contributed by atoms with E-state index < -0.39 is 0 Å². The molecule has 3 aromatic rings. The Morgan fingerprint density at radius 2 is 1.89 bits per heavy atom. The number of ether oxygens (including phenoxy) is 1. The van der Waals surface area contributed by atoms with Gasteiger partial charge in [-0.1, -0.05) is 36.8 Å². The number of rotatable bonds is 6. The molecular formula is C22H26N4O2. The summed E-state index contributed by atoms with van der Waals surface area (Å²) in [7, 11) is 1.67. The van der Waals surface area contributed by atoms with Gasteiger partial charge in [0, 0.05) is 11.9 Å². The molecular weight excluding hydrogens is 352 g/mol. The number of carbonyl (C=O) groups excluding carboxylic acids is 1. The minimum atomic E-state index is -0.145. The van der Waals surface area contributed by atoms with Gasteiger partial charge in [0.1, 0.15) is 5.75 Å². The standard InChI is InChI=1S/C22H26N4O2/c1-28-17-11-9-16(10-12-17)20(26-13-5-2-6-14-26)15-23-22(27)21-18-7-3-4-8-19(18)24-25-21/h3-4,7-12,20H,2,5-6,13-15H2,1H3,(H,23,27)(H,24,25)/t20-/m1/s1. The number of likely N-dealkylation sites (tertiary alicyclic amines) is 1. The highest BCUT2D eigenvalue weighted by atomic mass is 16.5. The summed E-state index contributed by atoms with van der Waals surface area (Å²) in [6.45, 7) is 2.65. The number of amides is 1. The molecule has 1 atom stereocenters. The van der Waals surface area contributed by atoms with E-state index in [9.17, 15) is 4.79 Å². The van der Waals surface area contributed by atoms with Gasteiger partial charge >= 0.3 is 0 Å². The van der Waals surface area contributed by atoms with Gasteiger partial charge in [0.05, 0.1) is 18.7 Å². The summed E-state index contributed by atoms with van der Waals surface area (Å²) >= 11 is 0. The van der Waals surface area contributed by atoms with Gasteiger partial charge in [-0.3, -0.25) is 14.8 Å². The maximum Gasteiger partial charge on any atom is 0.272 e. The van der Waals surface area contributed by atoms with Crippen molar-refractivity contribution in [2.75, 3.05) is 26.7 Å². The molecule has 1 fully saturated rings. The summed E-state index contributed by atoms with van der Waals surface area (Å²) in [4.78, 5) is 15.3. The van der Waals surface area contributed by atoms with Gasteiger partial charge in [0.2, 0.25) is 0 Å². The molecule has 0 saturated carbocycles. The SMILES string of the molecule is COc1ccc([C@@H](CNC(=O)c2n[nH]c3ccccc23)N2CCCCC2)cc1. The van der Waals surface area contributed by atoms with E-state index >= 15 is 0 Å². The summed E-state index contributed by atoms with van der Waals surface area (Å²) in [5, 5.41) is 11.1. The number of hydrogen-bond acceptors (Lipinski definition) is 4. The monoisotopic (exact) mass is 378 g/mol. The largest absolute Gasteiger partial charge is 0.497 e. The van der Waals surface area contributed by atoms with Gasteiger partial charge in [0.15, 0.2) is 5.69 Å². The molecule has 6 nitrogen and oxygen atoms in total. The first-order valence-electron chi connectivity index (χ1n) is 9.85. The van der Waals surface area contributed by atoms with Crippen molar-refractivity contribution in [2.45, 2.75) is 25.3 Å². The van der Waals surface area contributed by atoms with E-state index in [2.05, 4.69) is 32.5 Å². The van der Waals surface area contributed by atoms with Crippen molar-refractivity contribution < 1.29 is 9.53 Å². The molecule has 1 aliphatic rings. The summed E-state index contributed by atoms with van der Waals surface area (Å²) < 4.78 is 5.29. The van der Waals surface area contributed by atoms with E-state index in [4.69, 9.17) is 4.74 Å². The minimum absolute atomic E-state index is 0.139.